The second-order valence-corrected chi connectivity index (χ2v) is 7.95. The lowest BCUT2D eigenvalue weighted by Gasteiger charge is -2.26. The van der Waals surface area contributed by atoms with E-state index in [4.69, 9.17) is 10.5 Å². The Morgan fingerprint density at radius 1 is 1.28 bits per heavy atom. The van der Waals surface area contributed by atoms with E-state index in [2.05, 4.69) is 37.3 Å². The maximum absolute atomic E-state index is 9.49. The van der Waals surface area contributed by atoms with Gasteiger partial charge in [-0.15, -0.1) is 0 Å². The number of allylic oxidation sites excluding steroid dienone is 1. The molecule has 0 aliphatic heterocycles. The lowest BCUT2D eigenvalue weighted by atomic mass is 9.85. The van der Waals surface area contributed by atoms with Gasteiger partial charge < -0.3 is 15.6 Å². The molecule has 0 saturated heterocycles. The summed E-state index contributed by atoms with van der Waals surface area (Å²) in [5.74, 6) is 0.500. The summed E-state index contributed by atoms with van der Waals surface area (Å²) in [6.07, 6.45) is 13.2. The summed E-state index contributed by atoms with van der Waals surface area (Å²) in [6, 6.07) is 6.96. The number of hydrogen-bond donors (Lipinski definition) is 2. The second-order valence-electron chi connectivity index (χ2n) is 7.95. The van der Waals surface area contributed by atoms with Crippen molar-refractivity contribution in [3.63, 3.8) is 0 Å². The molecule has 2 aliphatic carbocycles. The molecule has 25 heavy (non-hydrogen) atoms. The van der Waals surface area contributed by atoms with Crippen molar-refractivity contribution in [2.45, 2.75) is 75.9 Å². The van der Waals surface area contributed by atoms with Crippen molar-refractivity contribution < 1.29 is 9.84 Å². The van der Waals surface area contributed by atoms with Gasteiger partial charge in [0.15, 0.2) is 0 Å². The molecule has 1 aromatic rings. The minimum atomic E-state index is -0.370. The molecule has 2 aliphatic rings. The van der Waals surface area contributed by atoms with Crippen LogP contribution < -0.4 is 5.73 Å². The number of rotatable bonds is 7. The largest absolute Gasteiger partial charge is 0.394 e. The van der Waals surface area contributed by atoms with E-state index in [1.165, 1.54) is 23.1 Å². The van der Waals surface area contributed by atoms with Crippen molar-refractivity contribution in [2.24, 2.45) is 5.73 Å². The Balaban J connectivity index is 1.56. The highest BCUT2D eigenvalue weighted by molar-refractivity contribution is 5.36. The summed E-state index contributed by atoms with van der Waals surface area (Å²) >= 11 is 0. The average molecular weight is 344 g/mol. The van der Waals surface area contributed by atoms with Gasteiger partial charge in [0.05, 0.1) is 19.3 Å². The SMILES string of the molecule is CCC/C=C/CO[C@@H]1CCc2cc([C@H]3CC[C@](N)(CO)C3)ccc2C1. The van der Waals surface area contributed by atoms with Crippen molar-refractivity contribution in [3.8, 4) is 0 Å². The summed E-state index contributed by atoms with van der Waals surface area (Å²) < 4.78 is 6.03. The molecular weight excluding hydrogens is 310 g/mol. The van der Waals surface area contributed by atoms with Gasteiger partial charge in [-0.05, 0) is 67.6 Å². The zero-order valence-electron chi connectivity index (χ0n) is 15.5. The highest BCUT2D eigenvalue weighted by Crippen LogP contribution is 2.40. The van der Waals surface area contributed by atoms with Crippen LogP contribution in [0.1, 0.15) is 68.1 Å². The van der Waals surface area contributed by atoms with Crippen LogP contribution in [0.2, 0.25) is 0 Å². The summed E-state index contributed by atoms with van der Waals surface area (Å²) in [5.41, 5.74) is 10.2. The Morgan fingerprint density at radius 2 is 2.16 bits per heavy atom. The third kappa shape index (κ3) is 4.72. The summed E-state index contributed by atoms with van der Waals surface area (Å²) in [4.78, 5) is 0. The third-order valence-electron chi connectivity index (χ3n) is 5.89. The number of aryl methyl sites for hydroxylation is 1. The van der Waals surface area contributed by atoms with E-state index in [9.17, 15) is 5.11 Å². The van der Waals surface area contributed by atoms with Gasteiger partial charge in [0.2, 0.25) is 0 Å². The zero-order valence-corrected chi connectivity index (χ0v) is 15.5. The van der Waals surface area contributed by atoms with Crippen LogP contribution in [0.25, 0.3) is 0 Å². The van der Waals surface area contributed by atoms with Crippen molar-refractivity contribution in [1.82, 2.24) is 0 Å². The fraction of sp³-hybridized carbons (Fsp3) is 0.636. The average Bonchev–Trinajstić information content (AvgIpc) is 3.04. The Hall–Kier alpha value is -1.16. The van der Waals surface area contributed by atoms with Crippen LogP contribution >= 0.6 is 0 Å². The topological polar surface area (TPSA) is 55.5 Å². The first-order chi connectivity index (χ1) is 12.1. The predicted molar refractivity (Wildman–Crippen MR) is 103 cm³/mol. The fourth-order valence-corrected chi connectivity index (χ4v) is 4.27. The molecule has 3 atom stereocenters. The number of benzene rings is 1. The van der Waals surface area contributed by atoms with Crippen molar-refractivity contribution in [3.05, 3.63) is 47.0 Å². The number of aliphatic hydroxyl groups excluding tert-OH is 1. The maximum Gasteiger partial charge on any atom is 0.0651 e. The first-order valence-corrected chi connectivity index (χ1v) is 9.91. The molecule has 3 heteroatoms. The zero-order chi connectivity index (χ0) is 17.7. The van der Waals surface area contributed by atoms with E-state index in [1.54, 1.807) is 0 Å². The van der Waals surface area contributed by atoms with Gasteiger partial charge in [-0.1, -0.05) is 43.7 Å². The monoisotopic (exact) mass is 343 g/mol. The van der Waals surface area contributed by atoms with Crippen LogP contribution in [0, 0.1) is 0 Å². The van der Waals surface area contributed by atoms with Crippen molar-refractivity contribution in [1.29, 1.82) is 0 Å². The fourth-order valence-electron chi connectivity index (χ4n) is 4.27. The molecule has 138 valence electrons. The lowest BCUT2D eigenvalue weighted by molar-refractivity contribution is 0.0641. The van der Waals surface area contributed by atoms with Gasteiger partial charge in [-0.2, -0.15) is 0 Å². The minimum Gasteiger partial charge on any atom is -0.394 e. The number of aliphatic hydroxyl groups is 1. The number of unbranched alkanes of at least 4 members (excludes halogenated alkanes) is 1. The number of ether oxygens (including phenoxy) is 1. The molecule has 0 unspecified atom stereocenters. The molecular formula is C22H33NO2. The Kier molecular flexibility index (Phi) is 6.32. The second kappa shape index (κ2) is 8.48. The van der Waals surface area contributed by atoms with E-state index in [-0.39, 0.29) is 12.1 Å². The predicted octanol–water partition coefficient (Wildman–Crippen LogP) is 3.87. The molecule has 0 aromatic heterocycles. The molecule has 1 saturated carbocycles. The number of hydrogen-bond acceptors (Lipinski definition) is 3. The summed E-state index contributed by atoms with van der Waals surface area (Å²) in [6.45, 7) is 3.03. The Labute approximate surface area is 152 Å². The lowest BCUT2D eigenvalue weighted by Crippen LogP contribution is -2.40. The summed E-state index contributed by atoms with van der Waals surface area (Å²) in [7, 11) is 0. The Bertz CT molecular complexity index is 598. The Morgan fingerprint density at radius 3 is 2.92 bits per heavy atom. The van der Waals surface area contributed by atoms with Gasteiger partial charge in [0.25, 0.3) is 0 Å². The number of nitrogens with two attached hydrogens (primary N) is 1. The van der Waals surface area contributed by atoms with E-state index >= 15 is 0 Å². The molecule has 3 N–H and O–H groups in total. The summed E-state index contributed by atoms with van der Waals surface area (Å²) in [5, 5.41) is 9.49. The van der Waals surface area contributed by atoms with Crippen LogP contribution in [0.4, 0.5) is 0 Å². The van der Waals surface area contributed by atoms with Crippen LogP contribution in [-0.2, 0) is 17.6 Å². The molecule has 0 amide bonds. The number of fused-ring (bicyclic) bond motifs is 1. The first kappa shape index (κ1) is 18.6. The van der Waals surface area contributed by atoms with E-state index in [1.807, 2.05) is 0 Å². The normalized spacial score (nSPS) is 29.2. The molecule has 0 heterocycles. The highest BCUT2D eigenvalue weighted by Gasteiger charge is 2.36. The van der Waals surface area contributed by atoms with Crippen LogP contribution in [0.5, 0.6) is 0 Å². The molecule has 0 bridgehead atoms. The molecule has 0 radical (unpaired) electrons. The first-order valence-electron chi connectivity index (χ1n) is 9.91. The van der Waals surface area contributed by atoms with E-state index in [0.29, 0.717) is 12.0 Å². The molecule has 1 fully saturated rings. The maximum atomic E-state index is 9.49. The quantitative estimate of drug-likeness (QED) is 0.739. The van der Waals surface area contributed by atoms with Crippen LogP contribution in [0.15, 0.2) is 30.4 Å². The van der Waals surface area contributed by atoms with Gasteiger partial charge in [0, 0.05) is 5.54 Å². The molecule has 3 nitrogen and oxygen atoms in total. The molecule has 3 rings (SSSR count). The van der Waals surface area contributed by atoms with Crippen molar-refractivity contribution in [2.75, 3.05) is 13.2 Å². The highest BCUT2D eigenvalue weighted by atomic mass is 16.5. The standard InChI is InChI=1S/C22H33NO2/c1-2-3-4-5-12-25-21-9-8-17-13-18(6-7-19(17)14-21)20-10-11-22(23,15-20)16-24/h4-7,13,20-21,24H,2-3,8-12,14-16,23H2,1H3/b5-4+/t20-,21+,22+/m0/s1. The smallest absolute Gasteiger partial charge is 0.0651 e. The molecule has 1 aromatic carbocycles. The third-order valence-corrected chi connectivity index (χ3v) is 5.89. The molecule has 0 spiro atoms. The van der Waals surface area contributed by atoms with Crippen molar-refractivity contribution >= 4 is 0 Å². The van der Waals surface area contributed by atoms with Crippen LogP contribution in [-0.4, -0.2) is 30.0 Å². The van der Waals surface area contributed by atoms with E-state index < -0.39 is 0 Å². The van der Waals surface area contributed by atoms with Gasteiger partial charge in [-0.3, -0.25) is 0 Å². The van der Waals surface area contributed by atoms with Gasteiger partial charge in [0.1, 0.15) is 0 Å². The van der Waals surface area contributed by atoms with Crippen LogP contribution in [0.3, 0.4) is 0 Å². The minimum absolute atomic E-state index is 0.0974. The van der Waals surface area contributed by atoms with Gasteiger partial charge in [-0.25, -0.2) is 0 Å². The van der Waals surface area contributed by atoms with Gasteiger partial charge >= 0.3 is 0 Å². The van der Waals surface area contributed by atoms with E-state index in [0.717, 1.165) is 51.6 Å².